The first-order valence-corrected chi connectivity index (χ1v) is 11.0. The predicted octanol–water partition coefficient (Wildman–Crippen LogP) is 6.47. The lowest BCUT2D eigenvalue weighted by atomic mass is 10.1. The van der Waals surface area contributed by atoms with E-state index < -0.39 is 40.7 Å². The van der Waals surface area contributed by atoms with Gasteiger partial charge in [0.15, 0.2) is 5.75 Å². The molecular formula is C20H14Cl5F3N2O3. The van der Waals surface area contributed by atoms with E-state index in [1.165, 1.54) is 31.4 Å². The fourth-order valence-electron chi connectivity index (χ4n) is 3.29. The maximum Gasteiger partial charge on any atom is 0.405 e. The first-order valence-electron chi connectivity index (χ1n) is 9.12. The Hall–Kier alpha value is -1.58. The molecule has 0 unspecified atom stereocenters. The normalized spacial score (nSPS) is 19.1. The SMILES string of the molecule is COc1c(Cl)cc([C@H]2[C@H](C(=O)Nc3ccc(Cl)c(C(=O)NCC(F)(F)F)c3)C2(Cl)Cl)cc1Cl. The fourth-order valence-corrected chi connectivity index (χ4v) is 4.98. The van der Waals surface area contributed by atoms with E-state index in [0.717, 1.165) is 6.07 Å². The minimum absolute atomic E-state index is 0.0940. The molecule has 0 heterocycles. The van der Waals surface area contributed by atoms with Crippen molar-refractivity contribution in [3.8, 4) is 5.75 Å². The third-order valence-electron chi connectivity index (χ3n) is 4.85. The van der Waals surface area contributed by atoms with Crippen molar-refractivity contribution in [3.63, 3.8) is 0 Å². The van der Waals surface area contributed by atoms with Gasteiger partial charge in [-0.15, -0.1) is 23.2 Å². The standard InChI is InChI=1S/C20H14Cl5F3N2O3/c1-33-16-12(22)4-8(5-13(16)23)14-15(20(14,24)25)18(32)30-9-2-3-11(21)10(6-9)17(31)29-7-19(26,27)28/h2-6,14-15H,7H2,1H3,(H,29,31)(H,30,32)/t14-,15+/m0/s1. The molecular weight excluding hydrogens is 550 g/mol. The molecule has 1 aliphatic rings. The van der Waals surface area contributed by atoms with Crippen molar-refractivity contribution >= 4 is 75.5 Å². The number of halogens is 8. The van der Waals surface area contributed by atoms with Crippen LogP contribution in [-0.4, -0.2) is 36.0 Å². The van der Waals surface area contributed by atoms with Gasteiger partial charge < -0.3 is 15.4 Å². The molecule has 2 aromatic rings. The van der Waals surface area contributed by atoms with Gasteiger partial charge in [-0.25, -0.2) is 0 Å². The number of alkyl halides is 5. The molecule has 0 aromatic heterocycles. The summed E-state index contributed by atoms with van der Waals surface area (Å²) in [6.07, 6.45) is -4.59. The van der Waals surface area contributed by atoms with Gasteiger partial charge in [0, 0.05) is 11.6 Å². The number of carbonyl (C=O) groups excluding carboxylic acids is 2. The monoisotopic (exact) mass is 562 g/mol. The Balaban J connectivity index is 1.77. The molecule has 13 heteroatoms. The first kappa shape index (κ1) is 26.0. The maximum absolute atomic E-state index is 12.8. The highest BCUT2D eigenvalue weighted by molar-refractivity contribution is 6.53. The zero-order valence-electron chi connectivity index (χ0n) is 16.5. The van der Waals surface area contributed by atoms with Crippen molar-refractivity contribution in [1.82, 2.24) is 5.32 Å². The van der Waals surface area contributed by atoms with E-state index in [2.05, 4.69) is 5.32 Å². The Morgan fingerprint density at radius 2 is 1.67 bits per heavy atom. The molecule has 0 radical (unpaired) electrons. The highest BCUT2D eigenvalue weighted by Gasteiger charge is 2.67. The van der Waals surface area contributed by atoms with Crippen LogP contribution in [0.15, 0.2) is 30.3 Å². The number of methoxy groups -OCH3 is 1. The van der Waals surface area contributed by atoms with Gasteiger partial charge in [-0.1, -0.05) is 34.8 Å². The highest BCUT2D eigenvalue weighted by atomic mass is 35.5. The summed E-state index contributed by atoms with van der Waals surface area (Å²) in [5, 5.41) is 4.59. The molecule has 2 amide bonds. The fraction of sp³-hybridized carbons (Fsp3) is 0.300. The zero-order chi connectivity index (χ0) is 24.7. The van der Waals surface area contributed by atoms with Crippen molar-refractivity contribution in [2.24, 2.45) is 5.92 Å². The van der Waals surface area contributed by atoms with Crippen LogP contribution in [0.3, 0.4) is 0 Å². The van der Waals surface area contributed by atoms with E-state index in [4.69, 9.17) is 62.7 Å². The molecule has 1 saturated carbocycles. The van der Waals surface area contributed by atoms with Crippen LogP contribution >= 0.6 is 58.0 Å². The second-order valence-corrected chi connectivity index (χ2v) is 9.80. The van der Waals surface area contributed by atoms with Crippen LogP contribution in [-0.2, 0) is 4.79 Å². The largest absolute Gasteiger partial charge is 0.494 e. The Morgan fingerprint density at radius 1 is 1.06 bits per heavy atom. The summed E-state index contributed by atoms with van der Waals surface area (Å²) < 4.78 is 40.7. The van der Waals surface area contributed by atoms with Crippen LogP contribution in [0.5, 0.6) is 5.75 Å². The maximum atomic E-state index is 12.8. The Labute approximate surface area is 211 Å². The first-order chi connectivity index (χ1) is 15.3. The Kier molecular flexibility index (Phi) is 7.56. The molecule has 1 fully saturated rings. The van der Waals surface area contributed by atoms with Gasteiger partial charge in [0.25, 0.3) is 5.91 Å². The molecule has 2 N–H and O–H groups in total. The van der Waals surface area contributed by atoms with Gasteiger partial charge in [0.05, 0.1) is 33.7 Å². The number of ether oxygens (including phenoxy) is 1. The molecule has 33 heavy (non-hydrogen) atoms. The van der Waals surface area contributed by atoms with Crippen molar-refractivity contribution in [3.05, 3.63) is 56.5 Å². The lowest BCUT2D eigenvalue weighted by Gasteiger charge is -2.11. The van der Waals surface area contributed by atoms with Crippen LogP contribution in [0, 0.1) is 5.92 Å². The molecule has 0 spiro atoms. The summed E-state index contributed by atoms with van der Waals surface area (Å²) in [6.45, 7) is -1.53. The average Bonchev–Trinajstić information content (AvgIpc) is 3.29. The number of rotatable bonds is 6. The quantitative estimate of drug-likeness (QED) is 0.395. The van der Waals surface area contributed by atoms with Gasteiger partial charge in [-0.2, -0.15) is 13.2 Å². The molecule has 1 aliphatic carbocycles. The highest BCUT2D eigenvalue weighted by Crippen LogP contribution is 2.65. The summed E-state index contributed by atoms with van der Waals surface area (Å²) >= 11 is 30.9. The molecule has 0 bridgehead atoms. The molecule has 0 aliphatic heterocycles. The van der Waals surface area contributed by atoms with Crippen molar-refractivity contribution in [2.45, 2.75) is 16.4 Å². The minimum Gasteiger partial charge on any atom is -0.494 e. The number of benzene rings is 2. The predicted molar refractivity (Wildman–Crippen MR) is 122 cm³/mol. The van der Waals surface area contributed by atoms with Gasteiger partial charge in [-0.05, 0) is 35.9 Å². The zero-order valence-corrected chi connectivity index (χ0v) is 20.3. The second-order valence-electron chi connectivity index (χ2n) is 7.13. The van der Waals surface area contributed by atoms with Gasteiger partial charge >= 0.3 is 6.18 Å². The summed E-state index contributed by atoms with van der Waals surface area (Å²) in [5.41, 5.74) is 0.379. The van der Waals surface area contributed by atoms with Crippen LogP contribution in [0.4, 0.5) is 18.9 Å². The third-order valence-corrected chi connectivity index (χ3v) is 6.68. The van der Waals surface area contributed by atoms with E-state index >= 15 is 0 Å². The van der Waals surface area contributed by atoms with Gasteiger partial charge in [0.1, 0.15) is 10.9 Å². The molecule has 2 aromatic carbocycles. The molecule has 5 nitrogen and oxygen atoms in total. The van der Waals surface area contributed by atoms with E-state index in [1.807, 2.05) is 0 Å². The second kappa shape index (κ2) is 9.58. The molecule has 3 rings (SSSR count). The van der Waals surface area contributed by atoms with E-state index in [-0.39, 0.29) is 32.1 Å². The lowest BCUT2D eigenvalue weighted by molar-refractivity contribution is -0.123. The topological polar surface area (TPSA) is 67.4 Å². The smallest absolute Gasteiger partial charge is 0.405 e. The molecule has 2 atom stereocenters. The number of hydrogen-bond donors (Lipinski definition) is 2. The van der Waals surface area contributed by atoms with E-state index in [1.54, 1.807) is 5.32 Å². The van der Waals surface area contributed by atoms with Crippen LogP contribution in [0.2, 0.25) is 15.1 Å². The van der Waals surface area contributed by atoms with Crippen molar-refractivity contribution in [2.75, 3.05) is 19.0 Å². The summed E-state index contributed by atoms with van der Waals surface area (Å²) in [4.78, 5) is 24.9. The van der Waals surface area contributed by atoms with E-state index in [0.29, 0.717) is 5.56 Å². The van der Waals surface area contributed by atoms with Crippen LogP contribution < -0.4 is 15.4 Å². The molecule has 178 valence electrons. The Bertz CT molecular complexity index is 1090. The van der Waals surface area contributed by atoms with Gasteiger partial charge in [-0.3, -0.25) is 9.59 Å². The minimum atomic E-state index is -4.59. The van der Waals surface area contributed by atoms with Crippen LogP contribution in [0.1, 0.15) is 21.8 Å². The van der Waals surface area contributed by atoms with Gasteiger partial charge in [0.2, 0.25) is 5.91 Å². The van der Waals surface area contributed by atoms with E-state index in [9.17, 15) is 22.8 Å². The van der Waals surface area contributed by atoms with Crippen molar-refractivity contribution < 1.29 is 27.5 Å². The molecule has 0 saturated heterocycles. The lowest BCUT2D eigenvalue weighted by Crippen LogP contribution is -2.33. The third kappa shape index (κ3) is 5.74. The number of amides is 2. The van der Waals surface area contributed by atoms with Crippen molar-refractivity contribution in [1.29, 1.82) is 0 Å². The van der Waals surface area contributed by atoms with Crippen LogP contribution in [0.25, 0.3) is 0 Å². The number of carbonyl (C=O) groups is 2. The Morgan fingerprint density at radius 3 is 2.21 bits per heavy atom. The number of hydrogen-bond acceptors (Lipinski definition) is 3. The number of nitrogens with one attached hydrogen (secondary N) is 2. The summed E-state index contributed by atoms with van der Waals surface area (Å²) in [5.74, 6) is -2.93. The summed E-state index contributed by atoms with van der Waals surface area (Å²) in [6, 6.07) is 6.87. The average molecular weight is 565 g/mol. The number of anilines is 1. The summed E-state index contributed by atoms with van der Waals surface area (Å²) in [7, 11) is 1.40.